The molecule has 0 aliphatic heterocycles. The summed E-state index contributed by atoms with van der Waals surface area (Å²) in [7, 11) is 1.72. The number of carbonyl (C=O) groups is 2. The van der Waals surface area contributed by atoms with E-state index in [4.69, 9.17) is 5.73 Å². The largest absolute Gasteiger partial charge is 0.347 e. The molecule has 0 aliphatic carbocycles. The van der Waals surface area contributed by atoms with Crippen molar-refractivity contribution in [3.63, 3.8) is 0 Å². The topological polar surface area (TPSA) is 75.4 Å². The second-order valence-electron chi connectivity index (χ2n) is 5.39. The minimum Gasteiger partial charge on any atom is -0.347 e. The Morgan fingerprint density at radius 3 is 2.39 bits per heavy atom. The Kier molecular flexibility index (Phi) is 7.59. The third-order valence-electron chi connectivity index (χ3n) is 3.19. The molecule has 0 aliphatic rings. The maximum absolute atomic E-state index is 11.6. The number of hydrogen-bond donors (Lipinski definition) is 2. The number of amides is 2. The number of nitrogens with two attached hydrogens (primary N) is 1. The zero-order chi connectivity index (χ0) is 14.2. The van der Waals surface area contributed by atoms with Gasteiger partial charge in [-0.3, -0.25) is 9.59 Å². The molecule has 0 unspecified atom stereocenters. The van der Waals surface area contributed by atoms with Crippen molar-refractivity contribution >= 4 is 11.8 Å². The Bertz CT molecular complexity index is 277. The first kappa shape index (κ1) is 16.9. The highest BCUT2D eigenvalue weighted by Gasteiger charge is 2.18. The summed E-state index contributed by atoms with van der Waals surface area (Å²) in [4.78, 5) is 24.7. The van der Waals surface area contributed by atoms with E-state index in [0.29, 0.717) is 19.5 Å². The first-order chi connectivity index (χ1) is 8.32. The first-order valence-corrected chi connectivity index (χ1v) is 6.53. The second kappa shape index (κ2) is 8.08. The summed E-state index contributed by atoms with van der Waals surface area (Å²) in [5.41, 5.74) is 5.60. The van der Waals surface area contributed by atoms with Gasteiger partial charge in [-0.15, -0.1) is 0 Å². The van der Waals surface area contributed by atoms with Crippen LogP contribution in [0.25, 0.3) is 0 Å². The average Bonchev–Trinajstić information content (AvgIpc) is 2.32. The Morgan fingerprint density at radius 2 is 1.89 bits per heavy atom. The summed E-state index contributed by atoms with van der Waals surface area (Å²) in [5, 5.41) is 2.65. The predicted molar refractivity (Wildman–Crippen MR) is 73.0 cm³/mol. The summed E-state index contributed by atoms with van der Waals surface area (Å²) in [5.74, 6) is -0.134. The lowest BCUT2D eigenvalue weighted by molar-refractivity contribution is -0.131. The average molecular weight is 257 g/mol. The van der Waals surface area contributed by atoms with Crippen LogP contribution in [0.3, 0.4) is 0 Å². The van der Waals surface area contributed by atoms with Gasteiger partial charge in [0.1, 0.15) is 0 Å². The lowest BCUT2D eigenvalue weighted by Crippen LogP contribution is -2.38. The van der Waals surface area contributed by atoms with E-state index in [1.807, 2.05) is 6.92 Å². The zero-order valence-corrected chi connectivity index (χ0v) is 12.1. The molecule has 0 aromatic rings. The van der Waals surface area contributed by atoms with Gasteiger partial charge in [0.2, 0.25) is 11.8 Å². The fraction of sp³-hybridized carbons (Fsp3) is 0.846. The van der Waals surface area contributed by atoms with Crippen LogP contribution in [0.1, 0.15) is 40.0 Å². The summed E-state index contributed by atoms with van der Waals surface area (Å²) >= 11 is 0. The van der Waals surface area contributed by atoms with Crippen LogP contribution in [0.4, 0.5) is 0 Å². The van der Waals surface area contributed by atoms with Crippen LogP contribution in [0.15, 0.2) is 0 Å². The van der Waals surface area contributed by atoms with Crippen molar-refractivity contribution in [2.75, 3.05) is 26.7 Å². The minimum atomic E-state index is -0.0713. The molecule has 0 heterocycles. The van der Waals surface area contributed by atoms with Crippen molar-refractivity contribution < 1.29 is 9.59 Å². The van der Waals surface area contributed by atoms with E-state index in [1.54, 1.807) is 11.9 Å². The van der Waals surface area contributed by atoms with Gasteiger partial charge < -0.3 is 16.0 Å². The minimum absolute atomic E-state index is 0.0629. The van der Waals surface area contributed by atoms with E-state index in [0.717, 1.165) is 12.8 Å². The van der Waals surface area contributed by atoms with E-state index < -0.39 is 0 Å². The van der Waals surface area contributed by atoms with E-state index in [9.17, 15) is 9.59 Å². The second-order valence-corrected chi connectivity index (χ2v) is 5.39. The molecular formula is C13H27N3O2. The van der Waals surface area contributed by atoms with Crippen LogP contribution < -0.4 is 11.1 Å². The van der Waals surface area contributed by atoms with E-state index >= 15 is 0 Å². The van der Waals surface area contributed by atoms with Gasteiger partial charge in [0.15, 0.2) is 0 Å². The standard InChI is InChI=1S/C13H27N3O2/c1-5-16(4)12(18)10-15-11(17)6-7-13(2,3)8-9-14/h5-10,14H2,1-4H3,(H,15,17). The van der Waals surface area contributed by atoms with Gasteiger partial charge in [-0.05, 0) is 31.7 Å². The highest BCUT2D eigenvalue weighted by molar-refractivity contribution is 5.84. The number of likely N-dealkylation sites (N-methyl/N-ethyl adjacent to an activating group) is 1. The molecule has 5 heteroatoms. The summed E-state index contributed by atoms with van der Waals surface area (Å²) < 4.78 is 0. The van der Waals surface area contributed by atoms with Gasteiger partial charge >= 0.3 is 0 Å². The molecule has 0 spiro atoms. The van der Waals surface area contributed by atoms with Crippen LogP contribution in [0.2, 0.25) is 0 Å². The molecule has 3 N–H and O–H groups in total. The fourth-order valence-corrected chi connectivity index (χ4v) is 1.54. The van der Waals surface area contributed by atoms with Crippen LogP contribution in [0, 0.1) is 5.41 Å². The van der Waals surface area contributed by atoms with Crippen molar-refractivity contribution in [1.29, 1.82) is 0 Å². The molecule has 2 amide bonds. The Morgan fingerprint density at radius 1 is 1.28 bits per heavy atom. The third-order valence-corrected chi connectivity index (χ3v) is 3.19. The van der Waals surface area contributed by atoms with E-state index in [-0.39, 0.29) is 23.8 Å². The van der Waals surface area contributed by atoms with Crippen LogP contribution >= 0.6 is 0 Å². The van der Waals surface area contributed by atoms with E-state index in [2.05, 4.69) is 19.2 Å². The fourth-order valence-electron chi connectivity index (χ4n) is 1.54. The number of nitrogens with one attached hydrogen (secondary N) is 1. The lowest BCUT2D eigenvalue weighted by Gasteiger charge is -2.23. The van der Waals surface area contributed by atoms with Crippen molar-refractivity contribution in [2.45, 2.75) is 40.0 Å². The van der Waals surface area contributed by atoms with Gasteiger partial charge in [0.25, 0.3) is 0 Å². The maximum Gasteiger partial charge on any atom is 0.241 e. The molecule has 0 atom stereocenters. The highest BCUT2D eigenvalue weighted by atomic mass is 16.2. The molecule has 5 nitrogen and oxygen atoms in total. The predicted octanol–water partition coefficient (Wildman–Crippen LogP) is 0.736. The van der Waals surface area contributed by atoms with Gasteiger partial charge in [0.05, 0.1) is 6.54 Å². The molecule has 0 bridgehead atoms. The quantitative estimate of drug-likeness (QED) is 0.673. The Hall–Kier alpha value is -1.10. The number of hydrogen-bond acceptors (Lipinski definition) is 3. The molecule has 0 radical (unpaired) electrons. The van der Waals surface area contributed by atoms with E-state index in [1.165, 1.54) is 0 Å². The van der Waals surface area contributed by atoms with Crippen molar-refractivity contribution in [3.8, 4) is 0 Å². The number of carbonyl (C=O) groups excluding carboxylic acids is 2. The first-order valence-electron chi connectivity index (χ1n) is 6.53. The van der Waals surface area contributed by atoms with Gasteiger partial charge in [-0.1, -0.05) is 13.8 Å². The summed E-state index contributed by atoms with van der Waals surface area (Å²) in [6.45, 7) is 7.47. The summed E-state index contributed by atoms with van der Waals surface area (Å²) in [6.07, 6.45) is 2.13. The SMILES string of the molecule is CCN(C)C(=O)CNC(=O)CCC(C)(C)CCN. The maximum atomic E-state index is 11.6. The Balaban J connectivity index is 3.89. The number of rotatable bonds is 8. The van der Waals surface area contributed by atoms with Crippen molar-refractivity contribution in [3.05, 3.63) is 0 Å². The molecule has 0 saturated heterocycles. The molecule has 18 heavy (non-hydrogen) atoms. The molecule has 0 saturated carbocycles. The normalized spacial score (nSPS) is 11.2. The molecule has 106 valence electrons. The van der Waals surface area contributed by atoms with Gasteiger partial charge in [-0.25, -0.2) is 0 Å². The van der Waals surface area contributed by atoms with Gasteiger partial charge in [-0.2, -0.15) is 0 Å². The van der Waals surface area contributed by atoms with Crippen molar-refractivity contribution in [1.82, 2.24) is 10.2 Å². The summed E-state index contributed by atoms with van der Waals surface area (Å²) in [6, 6.07) is 0. The molecular weight excluding hydrogens is 230 g/mol. The van der Waals surface area contributed by atoms with Gasteiger partial charge in [0, 0.05) is 20.0 Å². The number of nitrogens with zero attached hydrogens (tertiary/aromatic N) is 1. The zero-order valence-electron chi connectivity index (χ0n) is 12.1. The third kappa shape index (κ3) is 7.27. The molecule has 0 aromatic heterocycles. The monoisotopic (exact) mass is 257 g/mol. The van der Waals surface area contributed by atoms with Crippen LogP contribution in [-0.2, 0) is 9.59 Å². The Labute approximate surface area is 110 Å². The van der Waals surface area contributed by atoms with Crippen LogP contribution in [0.5, 0.6) is 0 Å². The molecule has 0 rings (SSSR count). The lowest BCUT2D eigenvalue weighted by atomic mass is 9.84. The van der Waals surface area contributed by atoms with Crippen LogP contribution in [-0.4, -0.2) is 43.4 Å². The van der Waals surface area contributed by atoms with Crippen molar-refractivity contribution in [2.24, 2.45) is 11.1 Å². The molecule has 0 aromatic carbocycles. The molecule has 0 fully saturated rings. The highest BCUT2D eigenvalue weighted by Crippen LogP contribution is 2.25. The smallest absolute Gasteiger partial charge is 0.241 e.